The number of ether oxygens (including phenoxy) is 2. The predicted octanol–water partition coefficient (Wildman–Crippen LogP) is 3.25. The number of carbonyl (C=O) groups excluding carboxylic acids is 2. The average molecular weight is 352 g/mol. The largest absolute Gasteiger partial charge is 0.463 e. The van der Waals surface area contributed by atoms with E-state index in [2.05, 4.69) is 26.8 Å². The molecule has 5 heteroatoms. The van der Waals surface area contributed by atoms with Crippen LogP contribution in [0.5, 0.6) is 0 Å². The fourth-order valence-corrected chi connectivity index (χ4v) is 5.02. The van der Waals surface area contributed by atoms with Gasteiger partial charge in [-0.15, -0.1) is 0 Å². The lowest BCUT2D eigenvalue weighted by Gasteiger charge is -2.55. The standard InChI is InChI=1S/C20H32O5/c1-13-7-8-16-19(3,4)9-6-10-20(16,5)17(13)18(23)25-12-15(22)11-24-14(2)21/h7,15-17,22H,6,8-12H2,1-5H3/t15-,16-,17+,20-/m0/s1. The lowest BCUT2D eigenvalue weighted by molar-refractivity contribution is -0.162. The third kappa shape index (κ3) is 4.25. The number of allylic oxidation sites excluding steroid dienone is 1. The minimum atomic E-state index is -0.993. The number of rotatable bonds is 5. The van der Waals surface area contributed by atoms with E-state index in [1.54, 1.807) is 0 Å². The van der Waals surface area contributed by atoms with E-state index < -0.39 is 12.1 Å². The van der Waals surface area contributed by atoms with E-state index >= 15 is 0 Å². The fraction of sp³-hybridized carbons (Fsp3) is 0.800. The summed E-state index contributed by atoms with van der Waals surface area (Å²) < 4.78 is 10.2. The van der Waals surface area contributed by atoms with Crippen LogP contribution in [0.25, 0.3) is 0 Å². The Hall–Kier alpha value is -1.36. The Kier molecular flexibility index (Phi) is 5.97. The zero-order chi connectivity index (χ0) is 18.8. The second-order valence-electron chi connectivity index (χ2n) is 8.60. The van der Waals surface area contributed by atoms with Crippen molar-refractivity contribution in [2.24, 2.45) is 22.7 Å². The smallest absolute Gasteiger partial charge is 0.313 e. The molecule has 5 nitrogen and oxygen atoms in total. The Morgan fingerprint density at radius 1 is 1.24 bits per heavy atom. The summed E-state index contributed by atoms with van der Waals surface area (Å²) in [6.45, 7) is 9.79. The van der Waals surface area contributed by atoms with E-state index in [4.69, 9.17) is 9.47 Å². The highest BCUT2D eigenvalue weighted by Gasteiger charge is 2.54. The number of hydrogen-bond acceptors (Lipinski definition) is 5. The van der Waals surface area contributed by atoms with Crippen molar-refractivity contribution in [2.75, 3.05) is 13.2 Å². The van der Waals surface area contributed by atoms with E-state index in [1.165, 1.54) is 13.3 Å². The van der Waals surface area contributed by atoms with Gasteiger partial charge in [-0.1, -0.05) is 38.8 Å². The highest BCUT2D eigenvalue weighted by atomic mass is 16.6. The topological polar surface area (TPSA) is 72.8 Å². The Labute approximate surface area is 150 Å². The molecule has 0 amide bonds. The molecule has 4 atom stereocenters. The zero-order valence-corrected chi connectivity index (χ0v) is 16.1. The first-order valence-corrected chi connectivity index (χ1v) is 9.22. The van der Waals surface area contributed by atoms with Crippen LogP contribution in [0.4, 0.5) is 0 Å². The van der Waals surface area contributed by atoms with Gasteiger partial charge in [-0.3, -0.25) is 9.59 Å². The highest BCUT2D eigenvalue weighted by molar-refractivity contribution is 5.77. The van der Waals surface area contributed by atoms with Crippen LogP contribution in [-0.2, 0) is 19.1 Å². The van der Waals surface area contributed by atoms with Crippen LogP contribution in [0.2, 0.25) is 0 Å². The highest BCUT2D eigenvalue weighted by Crippen LogP contribution is 2.59. The summed E-state index contributed by atoms with van der Waals surface area (Å²) in [6, 6.07) is 0. The fourth-order valence-electron chi connectivity index (χ4n) is 5.02. The maximum atomic E-state index is 12.8. The molecule has 0 aromatic heterocycles. The lowest BCUT2D eigenvalue weighted by Crippen LogP contribution is -2.51. The minimum Gasteiger partial charge on any atom is -0.463 e. The molecule has 25 heavy (non-hydrogen) atoms. The van der Waals surface area contributed by atoms with Crippen LogP contribution in [0, 0.1) is 22.7 Å². The molecule has 2 aliphatic rings. The molecule has 2 rings (SSSR count). The molecule has 0 aliphatic heterocycles. The molecule has 2 aliphatic carbocycles. The van der Waals surface area contributed by atoms with Crippen LogP contribution in [-0.4, -0.2) is 36.4 Å². The van der Waals surface area contributed by atoms with Gasteiger partial charge in [0.25, 0.3) is 0 Å². The van der Waals surface area contributed by atoms with Gasteiger partial charge in [-0.2, -0.15) is 0 Å². The predicted molar refractivity (Wildman–Crippen MR) is 94.7 cm³/mol. The second kappa shape index (κ2) is 7.48. The van der Waals surface area contributed by atoms with Gasteiger partial charge in [0.1, 0.15) is 19.3 Å². The van der Waals surface area contributed by atoms with E-state index in [-0.39, 0.29) is 35.9 Å². The molecule has 1 fully saturated rings. The summed E-state index contributed by atoms with van der Waals surface area (Å²) in [7, 11) is 0. The number of carbonyl (C=O) groups is 2. The van der Waals surface area contributed by atoms with Crippen molar-refractivity contribution in [3.63, 3.8) is 0 Å². The summed E-state index contributed by atoms with van der Waals surface area (Å²) in [5.74, 6) is -0.565. The number of hydrogen-bond donors (Lipinski definition) is 1. The molecular weight excluding hydrogens is 320 g/mol. The first kappa shape index (κ1) is 20.0. The molecule has 0 aromatic carbocycles. The van der Waals surface area contributed by atoms with E-state index in [0.29, 0.717) is 5.92 Å². The summed E-state index contributed by atoms with van der Waals surface area (Å²) in [5, 5.41) is 9.82. The van der Waals surface area contributed by atoms with E-state index in [9.17, 15) is 14.7 Å². The van der Waals surface area contributed by atoms with Crippen molar-refractivity contribution in [1.82, 2.24) is 0 Å². The number of esters is 2. The van der Waals surface area contributed by atoms with Crippen molar-refractivity contribution < 1.29 is 24.2 Å². The van der Waals surface area contributed by atoms with E-state index in [1.807, 2.05) is 6.92 Å². The van der Waals surface area contributed by atoms with Crippen molar-refractivity contribution in [3.8, 4) is 0 Å². The monoisotopic (exact) mass is 352 g/mol. The van der Waals surface area contributed by atoms with Crippen molar-refractivity contribution in [2.45, 2.75) is 66.4 Å². The number of aliphatic hydroxyl groups is 1. The first-order valence-electron chi connectivity index (χ1n) is 9.22. The molecule has 0 bridgehead atoms. The third-order valence-corrected chi connectivity index (χ3v) is 6.20. The summed E-state index contributed by atoms with van der Waals surface area (Å²) in [5.41, 5.74) is 1.16. The van der Waals surface area contributed by atoms with Crippen LogP contribution in [0.3, 0.4) is 0 Å². The quantitative estimate of drug-likeness (QED) is 0.607. The molecule has 0 saturated heterocycles. The van der Waals surface area contributed by atoms with Gasteiger partial charge in [0.05, 0.1) is 5.92 Å². The van der Waals surface area contributed by atoms with Crippen LogP contribution < -0.4 is 0 Å². The molecule has 0 radical (unpaired) electrons. The Morgan fingerprint density at radius 3 is 2.52 bits per heavy atom. The molecule has 142 valence electrons. The molecule has 0 heterocycles. The van der Waals surface area contributed by atoms with Gasteiger partial charge in [0.15, 0.2) is 0 Å². The van der Waals surface area contributed by atoms with Crippen molar-refractivity contribution >= 4 is 11.9 Å². The van der Waals surface area contributed by atoms with Gasteiger partial charge in [0.2, 0.25) is 0 Å². The van der Waals surface area contributed by atoms with Crippen molar-refractivity contribution in [3.05, 3.63) is 11.6 Å². The molecule has 0 unspecified atom stereocenters. The van der Waals surface area contributed by atoms with Gasteiger partial charge < -0.3 is 14.6 Å². The van der Waals surface area contributed by atoms with Gasteiger partial charge in [0, 0.05) is 6.92 Å². The first-order chi connectivity index (χ1) is 11.6. The Balaban J connectivity index is 2.08. The van der Waals surface area contributed by atoms with Crippen LogP contribution in [0.15, 0.2) is 11.6 Å². The van der Waals surface area contributed by atoms with Gasteiger partial charge in [-0.25, -0.2) is 0 Å². The SMILES string of the molecule is CC(=O)OC[C@H](O)COC(=O)[C@H]1C(C)=CC[C@H]2C(C)(C)CCC[C@]12C. The summed E-state index contributed by atoms with van der Waals surface area (Å²) in [6.07, 6.45) is 5.51. The van der Waals surface area contributed by atoms with Crippen LogP contribution >= 0.6 is 0 Å². The zero-order valence-electron chi connectivity index (χ0n) is 16.1. The average Bonchev–Trinajstić information content (AvgIpc) is 2.49. The molecule has 1 N–H and O–H groups in total. The molecule has 1 saturated carbocycles. The van der Waals surface area contributed by atoms with Crippen LogP contribution in [0.1, 0.15) is 60.3 Å². The Bertz CT molecular complexity index is 550. The van der Waals surface area contributed by atoms with Gasteiger partial charge >= 0.3 is 11.9 Å². The molecular formula is C20H32O5. The third-order valence-electron chi connectivity index (χ3n) is 6.20. The normalized spacial score (nSPS) is 32.2. The lowest BCUT2D eigenvalue weighted by atomic mass is 9.49. The minimum absolute atomic E-state index is 0.113. The summed E-state index contributed by atoms with van der Waals surface area (Å²) >= 11 is 0. The molecule has 0 spiro atoms. The van der Waals surface area contributed by atoms with Crippen molar-refractivity contribution in [1.29, 1.82) is 0 Å². The number of fused-ring (bicyclic) bond motifs is 1. The summed E-state index contributed by atoms with van der Waals surface area (Å²) in [4.78, 5) is 23.6. The van der Waals surface area contributed by atoms with E-state index in [0.717, 1.165) is 24.8 Å². The van der Waals surface area contributed by atoms with Gasteiger partial charge in [-0.05, 0) is 42.9 Å². The molecule has 0 aromatic rings. The maximum Gasteiger partial charge on any atom is 0.313 e. The second-order valence-corrected chi connectivity index (χ2v) is 8.60. The number of aliphatic hydroxyl groups excluding tert-OH is 1. The Morgan fingerprint density at radius 2 is 1.88 bits per heavy atom. The maximum absolute atomic E-state index is 12.8.